The minimum absolute atomic E-state index is 0.0846. The molecule has 0 saturated heterocycles. The van der Waals surface area contributed by atoms with Gasteiger partial charge in [-0.2, -0.15) is 0 Å². The highest BCUT2D eigenvalue weighted by Gasteiger charge is 2.28. The van der Waals surface area contributed by atoms with Gasteiger partial charge in [-0.25, -0.2) is 8.42 Å². The zero-order valence-electron chi connectivity index (χ0n) is 19.1. The summed E-state index contributed by atoms with van der Waals surface area (Å²) >= 11 is 6.27. The highest BCUT2D eigenvalue weighted by Crippen LogP contribution is 2.32. The largest absolute Gasteiger partial charge is 0.495 e. The van der Waals surface area contributed by atoms with E-state index in [-0.39, 0.29) is 21.6 Å². The van der Waals surface area contributed by atoms with E-state index in [1.807, 2.05) is 13.0 Å². The Morgan fingerprint density at radius 3 is 2.50 bits per heavy atom. The van der Waals surface area contributed by atoms with Crippen LogP contribution >= 0.6 is 11.6 Å². The molecular formula is C26H27ClN2O4S. The van der Waals surface area contributed by atoms with Crippen molar-refractivity contribution in [3.63, 3.8) is 0 Å². The van der Waals surface area contributed by atoms with Crippen molar-refractivity contribution in [2.45, 2.75) is 37.1 Å². The van der Waals surface area contributed by atoms with Crippen LogP contribution in [0.5, 0.6) is 5.75 Å². The minimum Gasteiger partial charge on any atom is -0.495 e. The summed E-state index contributed by atoms with van der Waals surface area (Å²) in [6.07, 6.45) is 3.29. The summed E-state index contributed by atoms with van der Waals surface area (Å²) in [4.78, 5) is 13.1. The van der Waals surface area contributed by atoms with Crippen LogP contribution in [0.25, 0.3) is 0 Å². The van der Waals surface area contributed by atoms with Gasteiger partial charge < -0.3 is 10.1 Å². The van der Waals surface area contributed by atoms with E-state index in [0.29, 0.717) is 5.75 Å². The van der Waals surface area contributed by atoms with Gasteiger partial charge in [0.25, 0.3) is 10.0 Å². The lowest BCUT2D eigenvalue weighted by atomic mass is 10.0. The van der Waals surface area contributed by atoms with Crippen molar-refractivity contribution in [1.29, 1.82) is 0 Å². The topological polar surface area (TPSA) is 75.7 Å². The number of hydrogen-bond donors (Lipinski definition) is 1. The first kappa shape index (κ1) is 24.1. The number of nitrogens with one attached hydrogen (secondary N) is 1. The molecule has 3 aromatic rings. The van der Waals surface area contributed by atoms with E-state index in [2.05, 4.69) is 17.4 Å². The number of sulfonamides is 1. The van der Waals surface area contributed by atoms with Crippen LogP contribution in [0.4, 0.5) is 5.69 Å². The molecule has 0 bridgehead atoms. The fraction of sp³-hybridized carbons (Fsp3) is 0.269. The van der Waals surface area contributed by atoms with Crippen molar-refractivity contribution in [1.82, 2.24) is 5.32 Å². The minimum atomic E-state index is -4.02. The molecule has 34 heavy (non-hydrogen) atoms. The van der Waals surface area contributed by atoms with Crippen LogP contribution in [-0.2, 0) is 27.7 Å². The average molecular weight is 499 g/mol. The van der Waals surface area contributed by atoms with E-state index >= 15 is 0 Å². The molecule has 1 N–H and O–H groups in total. The Morgan fingerprint density at radius 1 is 1.06 bits per heavy atom. The summed E-state index contributed by atoms with van der Waals surface area (Å²) in [5.74, 6) is -0.00314. The molecule has 1 amide bonds. The van der Waals surface area contributed by atoms with Gasteiger partial charge in [-0.05, 0) is 73.2 Å². The normalized spacial score (nSPS) is 13.7. The second kappa shape index (κ2) is 10.1. The summed E-state index contributed by atoms with van der Waals surface area (Å²) in [5, 5.41) is 3.20. The number of nitrogens with zero attached hydrogens (tertiary/aromatic N) is 1. The van der Waals surface area contributed by atoms with Gasteiger partial charge in [-0.15, -0.1) is 0 Å². The Bertz CT molecular complexity index is 1300. The number of rotatable bonds is 8. The molecule has 0 radical (unpaired) electrons. The average Bonchev–Trinajstić information content (AvgIpc) is 3.31. The van der Waals surface area contributed by atoms with E-state index in [9.17, 15) is 13.2 Å². The predicted octanol–water partition coefficient (Wildman–Crippen LogP) is 4.91. The van der Waals surface area contributed by atoms with Gasteiger partial charge in [0, 0.05) is 0 Å². The van der Waals surface area contributed by atoms with Crippen molar-refractivity contribution in [3.8, 4) is 5.75 Å². The number of methoxy groups -OCH3 is 1. The molecule has 0 heterocycles. The number of carbonyl (C=O) groups is 1. The molecule has 0 aromatic heterocycles. The monoisotopic (exact) mass is 498 g/mol. The Labute approximate surface area is 205 Å². The lowest BCUT2D eigenvalue weighted by molar-refractivity contribution is -0.120. The van der Waals surface area contributed by atoms with Crippen LogP contribution in [0.1, 0.15) is 36.1 Å². The highest BCUT2D eigenvalue weighted by molar-refractivity contribution is 7.92. The Morgan fingerprint density at radius 2 is 1.79 bits per heavy atom. The van der Waals surface area contributed by atoms with Crippen molar-refractivity contribution in [3.05, 3.63) is 88.4 Å². The lowest BCUT2D eigenvalue weighted by Gasteiger charge is -2.25. The van der Waals surface area contributed by atoms with E-state index in [1.165, 1.54) is 36.4 Å². The molecule has 0 fully saturated rings. The smallest absolute Gasteiger partial charge is 0.264 e. The first-order chi connectivity index (χ1) is 16.3. The number of fused-ring (bicyclic) bond motifs is 1. The predicted molar refractivity (Wildman–Crippen MR) is 134 cm³/mol. The summed E-state index contributed by atoms with van der Waals surface area (Å²) in [7, 11) is -2.54. The van der Waals surface area contributed by atoms with E-state index in [0.717, 1.165) is 29.1 Å². The molecule has 6 nitrogen and oxygen atoms in total. The van der Waals surface area contributed by atoms with Crippen LogP contribution < -0.4 is 14.4 Å². The van der Waals surface area contributed by atoms with Crippen molar-refractivity contribution >= 4 is 33.2 Å². The van der Waals surface area contributed by atoms with Gasteiger partial charge in [-0.3, -0.25) is 9.10 Å². The van der Waals surface area contributed by atoms with E-state index in [4.69, 9.17) is 16.3 Å². The third kappa shape index (κ3) is 5.05. The molecular weight excluding hydrogens is 472 g/mol. The number of ether oxygens (including phenoxy) is 1. The molecule has 1 aliphatic rings. The van der Waals surface area contributed by atoms with Gasteiger partial charge in [0.05, 0.1) is 28.8 Å². The summed E-state index contributed by atoms with van der Waals surface area (Å²) in [5.41, 5.74) is 3.95. The van der Waals surface area contributed by atoms with E-state index < -0.39 is 22.5 Å². The fourth-order valence-electron chi connectivity index (χ4n) is 4.21. The first-order valence-corrected chi connectivity index (χ1v) is 12.9. The number of hydrogen-bond acceptors (Lipinski definition) is 4. The van der Waals surface area contributed by atoms with Crippen molar-refractivity contribution in [2.75, 3.05) is 18.0 Å². The SMILES string of the molecule is COc1ccc(N(CC(=O)N[C@H](C)c2ccc3c(c2)CCC3)S(=O)(=O)c2ccccc2)cc1Cl. The summed E-state index contributed by atoms with van der Waals surface area (Å²) < 4.78 is 33.2. The maximum Gasteiger partial charge on any atom is 0.264 e. The summed E-state index contributed by atoms with van der Waals surface area (Å²) in [6, 6.07) is 18.7. The van der Waals surface area contributed by atoms with Gasteiger partial charge in [0.15, 0.2) is 0 Å². The van der Waals surface area contributed by atoms with E-state index in [1.54, 1.807) is 30.3 Å². The van der Waals surface area contributed by atoms with Crippen LogP contribution in [0.3, 0.4) is 0 Å². The molecule has 4 rings (SSSR count). The van der Waals surface area contributed by atoms with Crippen LogP contribution in [0, 0.1) is 0 Å². The Hall–Kier alpha value is -3.03. The van der Waals surface area contributed by atoms with Crippen LogP contribution in [-0.4, -0.2) is 28.0 Å². The number of amides is 1. The quantitative estimate of drug-likeness (QED) is 0.478. The molecule has 1 atom stereocenters. The lowest BCUT2D eigenvalue weighted by Crippen LogP contribution is -2.41. The zero-order chi connectivity index (χ0) is 24.3. The molecule has 178 valence electrons. The zero-order valence-corrected chi connectivity index (χ0v) is 20.7. The van der Waals surface area contributed by atoms with Gasteiger partial charge >= 0.3 is 0 Å². The highest BCUT2D eigenvalue weighted by atomic mass is 35.5. The standard InChI is InChI=1S/C26H27ClN2O4S/c1-18(20-12-11-19-7-6-8-21(19)15-20)28-26(30)17-29(22-13-14-25(33-2)24(27)16-22)34(31,32)23-9-4-3-5-10-23/h3-5,9-16,18H,6-8,17H2,1-2H3,(H,28,30)/t18-/m1/s1. The molecule has 0 spiro atoms. The molecule has 8 heteroatoms. The Kier molecular flexibility index (Phi) is 7.14. The number of anilines is 1. The second-order valence-corrected chi connectivity index (χ2v) is 10.6. The third-order valence-corrected chi connectivity index (χ3v) is 8.13. The number of aryl methyl sites for hydroxylation is 2. The third-order valence-electron chi connectivity index (χ3n) is 6.04. The molecule has 0 saturated carbocycles. The first-order valence-electron chi connectivity index (χ1n) is 11.1. The number of carbonyl (C=O) groups excluding carboxylic acids is 1. The van der Waals surface area contributed by atoms with Crippen LogP contribution in [0.2, 0.25) is 5.02 Å². The molecule has 3 aromatic carbocycles. The summed E-state index contributed by atoms with van der Waals surface area (Å²) in [6.45, 7) is 1.50. The van der Waals surface area contributed by atoms with Gasteiger partial charge in [-0.1, -0.05) is 48.0 Å². The molecule has 1 aliphatic carbocycles. The maximum atomic E-state index is 13.5. The van der Waals surface area contributed by atoms with Crippen LogP contribution in [0.15, 0.2) is 71.6 Å². The maximum absolute atomic E-state index is 13.5. The molecule has 0 unspecified atom stereocenters. The van der Waals surface area contributed by atoms with Crippen molar-refractivity contribution in [2.24, 2.45) is 0 Å². The fourth-order valence-corrected chi connectivity index (χ4v) is 5.89. The number of benzene rings is 3. The second-order valence-electron chi connectivity index (χ2n) is 8.31. The molecule has 0 aliphatic heterocycles. The van der Waals surface area contributed by atoms with Crippen molar-refractivity contribution < 1.29 is 17.9 Å². The Balaban J connectivity index is 1.60. The van der Waals surface area contributed by atoms with Gasteiger partial charge in [0.1, 0.15) is 12.3 Å². The van der Waals surface area contributed by atoms with Gasteiger partial charge in [0.2, 0.25) is 5.91 Å². The number of halogens is 1.